The van der Waals surface area contributed by atoms with E-state index in [2.05, 4.69) is 51.8 Å². The van der Waals surface area contributed by atoms with Crippen molar-refractivity contribution in [1.82, 2.24) is 4.57 Å². The van der Waals surface area contributed by atoms with E-state index in [1.54, 1.807) is 0 Å². The molecule has 68 valence electrons. The summed E-state index contributed by atoms with van der Waals surface area (Å²) >= 11 is 0. The van der Waals surface area contributed by atoms with Crippen molar-refractivity contribution >= 4 is 17.0 Å². The first-order valence-corrected chi connectivity index (χ1v) is 10.3. The van der Waals surface area contributed by atoms with Crippen molar-refractivity contribution < 1.29 is 0 Å². The Balaban J connectivity index is 4.13. The molecule has 0 fully saturated rings. The zero-order valence-corrected chi connectivity index (χ0v) is 11.3. The molecule has 0 aromatic rings. The standard InChI is InChI=1S/C8H23NSi2/c1-8(11(5,6)7)10(4)9(2)3/h8,10H,1-7H3. The summed E-state index contributed by atoms with van der Waals surface area (Å²) < 4.78 is 2.46. The molecule has 0 bridgehead atoms. The van der Waals surface area contributed by atoms with Crippen molar-refractivity contribution in [2.75, 3.05) is 14.1 Å². The van der Waals surface area contributed by atoms with E-state index in [1.807, 2.05) is 0 Å². The van der Waals surface area contributed by atoms with Gasteiger partial charge in [-0.15, -0.1) is 0 Å². The minimum Gasteiger partial charge on any atom is -0.332 e. The van der Waals surface area contributed by atoms with Gasteiger partial charge < -0.3 is 4.57 Å². The average molecular weight is 189 g/mol. The van der Waals surface area contributed by atoms with Gasteiger partial charge in [-0.3, -0.25) is 0 Å². The maximum atomic E-state index is 2.48. The van der Waals surface area contributed by atoms with Gasteiger partial charge in [-0.2, -0.15) is 0 Å². The fraction of sp³-hybridized carbons (Fsp3) is 1.00. The molecule has 0 spiro atoms. The number of nitrogens with zero attached hydrogens (tertiary/aromatic N) is 1. The van der Waals surface area contributed by atoms with Crippen LogP contribution in [0.25, 0.3) is 0 Å². The van der Waals surface area contributed by atoms with E-state index in [4.69, 9.17) is 0 Å². The highest BCUT2D eigenvalue weighted by atomic mass is 28.4. The summed E-state index contributed by atoms with van der Waals surface area (Å²) in [5, 5.41) is 1.01. The molecule has 3 heteroatoms. The van der Waals surface area contributed by atoms with Crippen LogP contribution < -0.4 is 0 Å². The third-order valence-corrected chi connectivity index (χ3v) is 13.2. The van der Waals surface area contributed by atoms with Gasteiger partial charge >= 0.3 is 0 Å². The van der Waals surface area contributed by atoms with Crippen LogP contribution >= 0.6 is 0 Å². The summed E-state index contributed by atoms with van der Waals surface area (Å²) in [7, 11) is 2.99. The minimum atomic E-state index is -0.866. The molecular weight excluding hydrogens is 166 g/mol. The van der Waals surface area contributed by atoms with Crippen LogP contribution in [0, 0.1) is 0 Å². The van der Waals surface area contributed by atoms with Gasteiger partial charge in [0.2, 0.25) is 0 Å². The maximum absolute atomic E-state index is 2.48. The Labute approximate surface area is 74.5 Å². The third-order valence-electron chi connectivity index (χ3n) is 2.90. The normalized spacial score (nSPS) is 18.5. The Morgan fingerprint density at radius 2 is 1.55 bits per heavy atom. The smallest absolute Gasteiger partial charge is 0.108 e. The van der Waals surface area contributed by atoms with Crippen molar-refractivity contribution in [2.24, 2.45) is 0 Å². The molecule has 0 aliphatic heterocycles. The molecule has 0 saturated carbocycles. The zero-order valence-electron chi connectivity index (χ0n) is 9.10. The summed E-state index contributed by atoms with van der Waals surface area (Å²) in [5.74, 6) is 0. The molecular formula is C8H23NSi2. The lowest BCUT2D eigenvalue weighted by molar-refractivity contribution is 0.635. The van der Waals surface area contributed by atoms with E-state index < -0.39 is 17.0 Å². The van der Waals surface area contributed by atoms with Crippen LogP contribution in [-0.4, -0.2) is 35.7 Å². The van der Waals surface area contributed by atoms with E-state index in [1.165, 1.54) is 0 Å². The average Bonchev–Trinajstić information content (AvgIpc) is 1.82. The lowest BCUT2D eigenvalue weighted by Crippen LogP contribution is -2.43. The lowest BCUT2D eigenvalue weighted by Gasteiger charge is -2.33. The van der Waals surface area contributed by atoms with Gasteiger partial charge in [-0.05, 0) is 19.3 Å². The fourth-order valence-corrected chi connectivity index (χ4v) is 8.75. The molecule has 0 heterocycles. The van der Waals surface area contributed by atoms with Gasteiger partial charge in [-0.1, -0.05) is 33.1 Å². The highest BCUT2D eigenvalue weighted by Crippen LogP contribution is 2.24. The molecule has 11 heavy (non-hydrogen) atoms. The van der Waals surface area contributed by atoms with E-state index in [0.717, 1.165) is 5.16 Å². The van der Waals surface area contributed by atoms with Crippen molar-refractivity contribution in [1.29, 1.82) is 0 Å². The summed E-state index contributed by atoms with van der Waals surface area (Å²) in [6.07, 6.45) is 0. The van der Waals surface area contributed by atoms with Crippen LogP contribution in [0.15, 0.2) is 0 Å². The van der Waals surface area contributed by atoms with E-state index in [0.29, 0.717) is 0 Å². The van der Waals surface area contributed by atoms with Gasteiger partial charge in [0.1, 0.15) is 8.96 Å². The summed E-state index contributed by atoms with van der Waals surface area (Å²) in [5.41, 5.74) is 0. The van der Waals surface area contributed by atoms with Crippen LogP contribution in [0.3, 0.4) is 0 Å². The highest BCUT2D eigenvalue weighted by molar-refractivity contribution is 6.88. The Hall–Kier alpha value is 0.394. The van der Waals surface area contributed by atoms with Crippen LogP contribution in [-0.2, 0) is 0 Å². The monoisotopic (exact) mass is 189 g/mol. The van der Waals surface area contributed by atoms with Crippen molar-refractivity contribution in [3.05, 3.63) is 0 Å². The molecule has 0 rings (SSSR count). The second-order valence-corrected chi connectivity index (χ2v) is 14.7. The quantitative estimate of drug-likeness (QED) is 0.615. The Bertz CT molecular complexity index is 118. The van der Waals surface area contributed by atoms with Crippen LogP contribution in [0.5, 0.6) is 0 Å². The number of rotatable bonds is 3. The van der Waals surface area contributed by atoms with Gasteiger partial charge in [0.15, 0.2) is 0 Å². The molecule has 2 atom stereocenters. The predicted octanol–water partition coefficient (Wildman–Crippen LogP) is 2.17. The van der Waals surface area contributed by atoms with Gasteiger partial charge in [0.05, 0.1) is 0 Å². The molecule has 0 aliphatic carbocycles. The van der Waals surface area contributed by atoms with Crippen LogP contribution in [0.4, 0.5) is 0 Å². The summed E-state index contributed by atoms with van der Waals surface area (Å²) in [6.45, 7) is 12.3. The van der Waals surface area contributed by atoms with Crippen LogP contribution in [0.2, 0.25) is 31.4 Å². The second-order valence-electron chi connectivity index (χ2n) is 4.86. The molecule has 0 aromatic carbocycles. The van der Waals surface area contributed by atoms with E-state index in [9.17, 15) is 0 Å². The van der Waals surface area contributed by atoms with Gasteiger partial charge in [0, 0.05) is 8.07 Å². The first-order valence-electron chi connectivity index (χ1n) is 4.43. The fourth-order valence-electron chi connectivity index (χ4n) is 1.17. The molecule has 0 aliphatic rings. The Morgan fingerprint density at radius 1 is 1.18 bits per heavy atom. The van der Waals surface area contributed by atoms with Crippen molar-refractivity contribution in [3.63, 3.8) is 0 Å². The van der Waals surface area contributed by atoms with Gasteiger partial charge in [-0.25, -0.2) is 0 Å². The summed E-state index contributed by atoms with van der Waals surface area (Å²) in [6, 6.07) is 0. The van der Waals surface area contributed by atoms with Crippen molar-refractivity contribution in [3.8, 4) is 0 Å². The SMILES string of the molecule is CC([SiH](C)N(C)C)[Si](C)(C)C. The predicted molar refractivity (Wildman–Crippen MR) is 59.5 cm³/mol. The molecule has 0 aromatic heterocycles. The molecule has 2 unspecified atom stereocenters. The van der Waals surface area contributed by atoms with E-state index >= 15 is 0 Å². The summed E-state index contributed by atoms with van der Waals surface area (Å²) in [4.78, 5) is 0. The molecule has 0 amide bonds. The zero-order chi connectivity index (χ0) is 9.23. The molecule has 0 saturated heterocycles. The Kier molecular flexibility index (Phi) is 4.01. The minimum absolute atomic E-state index is 0.600. The molecule has 1 nitrogen and oxygen atoms in total. The topological polar surface area (TPSA) is 3.24 Å². The van der Waals surface area contributed by atoms with Crippen LogP contribution in [0.1, 0.15) is 6.92 Å². The first-order chi connectivity index (χ1) is 4.76. The number of hydrogen-bond donors (Lipinski definition) is 0. The largest absolute Gasteiger partial charge is 0.332 e. The highest BCUT2D eigenvalue weighted by Gasteiger charge is 2.29. The van der Waals surface area contributed by atoms with E-state index in [-0.39, 0.29) is 0 Å². The van der Waals surface area contributed by atoms with Crippen molar-refractivity contribution in [2.45, 2.75) is 38.3 Å². The first kappa shape index (κ1) is 11.4. The Morgan fingerprint density at radius 3 is 1.64 bits per heavy atom. The lowest BCUT2D eigenvalue weighted by atomic mass is 10.9. The van der Waals surface area contributed by atoms with Gasteiger partial charge in [0.25, 0.3) is 0 Å². The third kappa shape index (κ3) is 3.53. The molecule has 0 radical (unpaired) electrons. The molecule has 0 N–H and O–H groups in total. The maximum Gasteiger partial charge on any atom is 0.108 e. The number of hydrogen-bond acceptors (Lipinski definition) is 1. The second kappa shape index (κ2) is 3.87.